The summed E-state index contributed by atoms with van der Waals surface area (Å²) < 4.78 is 0. The molecule has 96 valence electrons. The molecule has 0 N–H and O–H groups in total. The second-order valence-corrected chi connectivity index (χ2v) is 6.14. The summed E-state index contributed by atoms with van der Waals surface area (Å²) in [4.78, 5) is 11.7. The van der Waals surface area contributed by atoms with E-state index in [9.17, 15) is 4.79 Å². The normalized spacial score (nSPS) is 26.9. The van der Waals surface area contributed by atoms with Crippen molar-refractivity contribution >= 4 is 5.78 Å². The van der Waals surface area contributed by atoms with Crippen molar-refractivity contribution in [3.05, 3.63) is 23.8 Å². The van der Waals surface area contributed by atoms with Gasteiger partial charge in [-0.05, 0) is 44.9 Å². The van der Waals surface area contributed by atoms with Crippen molar-refractivity contribution in [1.29, 1.82) is 0 Å². The molecule has 0 aliphatic heterocycles. The summed E-state index contributed by atoms with van der Waals surface area (Å²) in [5.41, 5.74) is 1.42. The maximum absolute atomic E-state index is 11.7. The Balaban J connectivity index is 2.83. The molecule has 17 heavy (non-hydrogen) atoms. The van der Waals surface area contributed by atoms with E-state index < -0.39 is 0 Å². The molecule has 0 fully saturated rings. The second kappa shape index (κ2) is 4.80. The van der Waals surface area contributed by atoms with Gasteiger partial charge in [-0.25, -0.2) is 0 Å². The minimum absolute atomic E-state index is 0.238. The first-order chi connectivity index (χ1) is 7.74. The van der Waals surface area contributed by atoms with Gasteiger partial charge in [0.1, 0.15) is 5.78 Å². The van der Waals surface area contributed by atoms with E-state index in [-0.39, 0.29) is 16.6 Å². The molecule has 0 saturated heterocycles. The fourth-order valence-electron chi connectivity index (χ4n) is 2.29. The van der Waals surface area contributed by atoms with Gasteiger partial charge in [-0.1, -0.05) is 44.6 Å². The zero-order chi connectivity index (χ0) is 13.3. The lowest BCUT2D eigenvalue weighted by atomic mass is 9.75. The molecule has 0 aromatic carbocycles. The standard InChI is InChI=1S/C16H26O/c1-7-16(6,13(3)17)11-10-14-9-8-12(2)15(14,4)5/h8,10-11,14H,7,9H2,1-6H3/b11-10+/t14-,16?/m0/s1. The summed E-state index contributed by atoms with van der Waals surface area (Å²) in [5, 5.41) is 0. The van der Waals surface area contributed by atoms with Crippen molar-refractivity contribution in [1.82, 2.24) is 0 Å². The summed E-state index contributed by atoms with van der Waals surface area (Å²) >= 11 is 0. The maximum Gasteiger partial charge on any atom is 0.139 e. The van der Waals surface area contributed by atoms with Crippen LogP contribution < -0.4 is 0 Å². The lowest BCUT2D eigenvalue weighted by Gasteiger charge is -2.29. The van der Waals surface area contributed by atoms with E-state index in [0.717, 1.165) is 12.8 Å². The molecular formula is C16H26O. The Morgan fingerprint density at radius 2 is 2.18 bits per heavy atom. The lowest BCUT2D eigenvalue weighted by Crippen LogP contribution is -2.24. The largest absolute Gasteiger partial charge is 0.299 e. The first-order valence-corrected chi connectivity index (χ1v) is 6.61. The third kappa shape index (κ3) is 2.70. The highest BCUT2D eigenvalue weighted by Gasteiger charge is 2.34. The summed E-state index contributed by atoms with van der Waals surface area (Å²) in [6, 6.07) is 0. The van der Waals surface area contributed by atoms with Gasteiger partial charge in [0, 0.05) is 5.41 Å². The van der Waals surface area contributed by atoms with E-state index in [1.54, 1.807) is 6.92 Å². The van der Waals surface area contributed by atoms with Gasteiger partial charge in [0.15, 0.2) is 0 Å². The highest BCUT2D eigenvalue weighted by atomic mass is 16.1. The van der Waals surface area contributed by atoms with Crippen LogP contribution >= 0.6 is 0 Å². The van der Waals surface area contributed by atoms with Gasteiger partial charge in [0.25, 0.3) is 0 Å². The van der Waals surface area contributed by atoms with E-state index in [2.05, 4.69) is 45.9 Å². The summed E-state index contributed by atoms with van der Waals surface area (Å²) in [5.74, 6) is 0.796. The van der Waals surface area contributed by atoms with Crippen LogP contribution in [0.5, 0.6) is 0 Å². The van der Waals surface area contributed by atoms with Crippen LogP contribution in [0.25, 0.3) is 0 Å². The number of Topliss-reactive ketones (excluding diaryl/α,β-unsaturated/α-hetero) is 1. The lowest BCUT2D eigenvalue weighted by molar-refractivity contribution is -0.123. The van der Waals surface area contributed by atoms with E-state index >= 15 is 0 Å². The number of carbonyl (C=O) groups is 1. The van der Waals surface area contributed by atoms with Gasteiger partial charge in [0.2, 0.25) is 0 Å². The minimum atomic E-state index is -0.285. The fourth-order valence-corrected chi connectivity index (χ4v) is 2.29. The molecule has 1 heteroatoms. The topological polar surface area (TPSA) is 17.1 Å². The first kappa shape index (κ1) is 14.2. The van der Waals surface area contributed by atoms with Crippen LogP contribution in [-0.4, -0.2) is 5.78 Å². The van der Waals surface area contributed by atoms with Crippen molar-refractivity contribution in [2.45, 2.75) is 54.4 Å². The van der Waals surface area contributed by atoms with Gasteiger partial charge >= 0.3 is 0 Å². The van der Waals surface area contributed by atoms with Gasteiger partial charge in [0.05, 0.1) is 0 Å². The Kier molecular flexibility index (Phi) is 4.01. The van der Waals surface area contributed by atoms with E-state index in [0.29, 0.717) is 5.92 Å². The van der Waals surface area contributed by atoms with Crippen molar-refractivity contribution < 1.29 is 4.79 Å². The Morgan fingerprint density at radius 3 is 2.53 bits per heavy atom. The van der Waals surface area contributed by atoms with Crippen LogP contribution in [0.4, 0.5) is 0 Å². The molecule has 0 saturated carbocycles. The average Bonchev–Trinajstić information content (AvgIpc) is 2.51. The Morgan fingerprint density at radius 1 is 1.59 bits per heavy atom. The number of allylic oxidation sites excluding steroid dienone is 4. The van der Waals surface area contributed by atoms with Crippen LogP contribution in [0.1, 0.15) is 54.4 Å². The van der Waals surface area contributed by atoms with Crippen LogP contribution in [0.15, 0.2) is 23.8 Å². The second-order valence-electron chi connectivity index (χ2n) is 6.14. The molecule has 0 radical (unpaired) electrons. The van der Waals surface area contributed by atoms with Crippen molar-refractivity contribution in [2.24, 2.45) is 16.7 Å². The van der Waals surface area contributed by atoms with E-state index in [1.807, 2.05) is 6.92 Å². The number of carbonyl (C=O) groups excluding carboxylic acids is 1. The maximum atomic E-state index is 11.7. The quantitative estimate of drug-likeness (QED) is 0.653. The first-order valence-electron chi connectivity index (χ1n) is 6.61. The van der Waals surface area contributed by atoms with Gasteiger partial charge in [-0.3, -0.25) is 4.79 Å². The highest BCUT2D eigenvalue weighted by Crippen LogP contribution is 2.44. The zero-order valence-electron chi connectivity index (χ0n) is 12.1. The van der Waals surface area contributed by atoms with Crippen LogP contribution in [-0.2, 0) is 4.79 Å². The number of hydrogen-bond donors (Lipinski definition) is 0. The molecule has 0 aromatic rings. The molecular weight excluding hydrogens is 208 g/mol. The summed E-state index contributed by atoms with van der Waals surface area (Å²) in [6.45, 7) is 12.6. The molecule has 0 bridgehead atoms. The molecule has 1 rings (SSSR count). The van der Waals surface area contributed by atoms with Crippen LogP contribution in [0.3, 0.4) is 0 Å². The van der Waals surface area contributed by atoms with E-state index in [4.69, 9.17) is 0 Å². The highest BCUT2D eigenvalue weighted by molar-refractivity contribution is 5.83. The third-order valence-corrected chi connectivity index (χ3v) is 4.86. The van der Waals surface area contributed by atoms with Crippen LogP contribution in [0, 0.1) is 16.7 Å². The zero-order valence-corrected chi connectivity index (χ0v) is 12.1. The predicted octanol–water partition coefficient (Wildman–Crippen LogP) is 4.54. The molecule has 0 amide bonds. The van der Waals surface area contributed by atoms with E-state index in [1.165, 1.54) is 5.57 Å². The molecule has 1 aliphatic carbocycles. The molecule has 0 aromatic heterocycles. The van der Waals surface area contributed by atoms with Gasteiger partial charge in [-0.15, -0.1) is 0 Å². The van der Waals surface area contributed by atoms with Crippen LogP contribution in [0.2, 0.25) is 0 Å². The number of hydrogen-bond acceptors (Lipinski definition) is 1. The van der Waals surface area contributed by atoms with Crippen molar-refractivity contribution in [3.63, 3.8) is 0 Å². The third-order valence-electron chi connectivity index (χ3n) is 4.86. The fraction of sp³-hybridized carbons (Fsp3) is 0.688. The van der Waals surface area contributed by atoms with Crippen molar-refractivity contribution in [2.75, 3.05) is 0 Å². The summed E-state index contributed by atoms with van der Waals surface area (Å²) in [6.07, 6.45) is 8.70. The van der Waals surface area contributed by atoms with Gasteiger partial charge in [-0.2, -0.15) is 0 Å². The number of rotatable bonds is 4. The SMILES string of the molecule is CCC(C)(/C=C/[C@@H]1CC=C(C)C1(C)C)C(C)=O. The average molecular weight is 234 g/mol. The molecule has 1 unspecified atom stereocenters. The Labute approximate surface area is 106 Å². The van der Waals surface area contributed by atoms with Crippen molar-refractivity contribution in [3.8, 4) is 0 Å². The Bertz CT molecular complexity index is 360. The Hall–Kier alpha value is -0.850. The molecule has 1 aliphatic rings. The molecule has 0 spiro atoms. The molecule has 1 nitrogen and oxygen atoms in total. The molecule has 0 heterocycles. The monoisotopic (exact) mass is 234 g/mol. The minimum Gasteiger partial charge on any atom is -0.299 e. The smallest absolute Gasteiger partial charge is 0.139 e. The number of ketones is 1. The predicted molar refractivity (Wildman–Crippen MR) is 73.9 cm³/mol. The summed E-state index contributed by atoms with van der Waals surface area (Å²) in [7, 11) is 0. The molecule has 2 atom stereocenters. The van der Waals surface area contributed by atoms with Gasteiger partial charge < -0.3 is 0 Å².